The maximum absolute atomic E-state index is 13.2. The molecule has 2 aromatic carbocycles. The van der Waals surface area contributed by atoms with Gasteiger partial charge >= 0.3 is 5.97 Å². The van der Waals surface area contributed by atoms with Crippen LogP contribution in [0.15, 0.2) is 53.6 Å². The van der Waals surface area contributed by atoms with Crippen molar-refractivity contribution in [1.29, 1.82) is 5.26 Å². The van der Waals surface area contributed by atoms with Crippen LogP contribution < -0.4 is 0 Å². The number of piperidine rings is 1. The van der Waals surface area contributed by atoms with Crippen molar-refractivity contribution >= 4 is 26.9 Å². The summed E-state index contributed by atoms with van der Waals surface area (Å²) < 4.78 is 32.6. The third kappa shape index (κ3) is 3.47. The van der Waals surface area contributed by atoms with E-state index >= 15 is 0 Å². The van der Waals surface area contributed by atoms with Gasteiger partial charge in [-0.05, 0) is 54.7 Å². The first-order valence-corrected chi connectivity index (χ1v) is 11.1. The number of ether oxygens (including phenoxy) is 1. The number of aromatic nitrogens is 1. The molecule has 2 heterocycles. The smallest absolute Gasteiger partial charge is 0.339 e. The molecule has 4 rings (SSSR count). The number of aromatic amines is 1. The molecule has 3 aromatic rings. The molecule has 1 aliphatic heterocycles. The van der Waals surface area contributed by atoms with Crippen LogP contribution in [0.3, 0.4) is 0 Å². The van der Waals surface area contributed by atoms with Gasteiger partial charge in [-0.3, -0.25) is 0 Å². The zero-order chi connectivity index (χ0) is 21.3. The van der Waals surface area contributed by atoms with Gasteiger partial charge < -0.3 is 9.72 Å². The molecule has 1 fully saturated rings. The van der Waals surface area contributed by atoms with E-state index in [4.69, 9.17) is 4.74 Å². The number of fused-ring (bicyclic) bond motifs is 1. The lowest BCUT2D eigenvalue weighted by Gasteiger charge is -2.31. The predicted octanol–water partition coefficient (Wildman–Crippen LogP) is 3.39. The van der Waals surface area contributed by atoms with Crippen LogP contribution in [0.1, 0.15) is 40.2 Å². The van der Waals surface area contributed by atoms with Gasteiger partial charge in [0.15, 0.2) is 0 Å². The zero-order valence-corrected chi connectivity index (χ0v) is 17.3. The number of carbonyl (C=O) groups is 1. The Morgan fingerprint density at radius 2 is 1.93 bits per heavy atom. The average molecular weight is 423 g/mol. The van der Waals surface area contributed by atoms with Gasteiger partial charge in [0, 0.05) is 30.2 Å². The maximum atomic E-state index is 13.2. The second-order valence-corrected chi connectivity index (χ2v) is 9.19. The second kappa shape index (κ2) is 7.94. The van der Waals surface area contributed by atoms with Crippen molar-refractivity contribution in [2.75, 3.05) is 20.2 Å². The highest BCUT2D eigenvalue weighted by molar-refractivity contribution is 7.89. The van der Waals surface area contributed by atoms with Crippen molar-refractivity contribution in [3.05, 3.63) is 65.4 Å². The average Bonchev–Trinajstić information content (AvgIpc) is 3.21. The molecule has 0 aliphatic carbocycles. The van der Waals surface area contributed by atoms with E-state index in [9.17, 15) is 18.5 Å². The fourth-order valence-electron chi connectivity index (χ4n) is 4.07. The molecule has 1 aromatic heterocycles. The molecular formula is C22H21N3O4S. The summed E-state index contributed by atoms with van der Waals surface area (Å²) in [4.78, 5) is 15.2. The minimum absolute atomic E-state index is 0.0268. The molecule has 30 heavy (non-hydrogen) atoms. The number of hydrogen-bond acceptors (Lipinski definition) is 5. The minimum atomic E-state index is -3.81. The highest BCUT2D eigenvalue weighted by atomic mass is 32.2. The number of benzene rings is 2. The van der Waals surface area contributed by atoms with Gasteiger partial charge in [-0.15, -0.1) is 0 Å². The monoisotopic (exact) mass is 423 g/mol. The van der Waals surface area contributed by atoms with Crippen molar-refractivity contribution in [3.63, 3.8) is 0 Å². The quantitative estimate of drug-likeness (QED) is 0.648. The first-order chi connectivity index (χ1) is 14.5. The van der Waals surface area contributed by atoms with E-state index in [1.807, 2.05) is 18.3 Å². The Morgan fingerprint density at radius 3 is 2.63 bits per heavy atom. The third-order valence-corrected chi connectivity index (χ3v) is 7.60. The summed E-state index contributed by atoms with van der Waals surface area (Å²) in [5.41, 5.74) is 2.71. The summed E-state index contributed by atoms with van der Waals surface area (Å²) in [6.07, 6.45) is 3.26. The molecule has 0 unspecified atom stereocenters. The van der Waals surface area contributed by atoms with E-state index in [1.165, 1.54) is 23.5 Å². The zero-order valence-electron chi connectivity index (χ0n) is 16.5. The molecule has 154 valence electrons. The molecule has 0 bridgehead atoms. The number of carbonyl (C=O) groups excluding carboxylic acids is 1. The van der Waals surface area contributed by atoms with E-state index in [0.717, 1.165) is 16.5 Å². The Hall–Kier alpha value is -3.15. The molecule has 0 saturated carbocycles. The molecule has 8 heteroatoms. The number of nitrogens with one attached hydrogen (secondary N) is 1. The van der Waals surface area contributed by atoms with E-state index in [0.29, 0.717) is 31.5 Å². The van der Waals surface area contributed by atoms with E-state index < -0.39 is 16.0 Å². The largest absolute Gasteiger partial charge is 0.465 e. The maximum Gasteiger partial charge on any atom is 0.339 e. The number of nitriles is 1. The van der Waals surface area contributed by atoms with Crippen molar-refractivity contribution in [3.8, 4) is 6.07 Å². The van der Waals surface area contributed by atoms with E-state index in [-0.39, 0.29) is 16.4 Å². The van der Waals surface area contributed by atoms with Crippen LogP contribution in [0.2, 0.25) is 0 Å². The van der Waals surface area contributed by atoms with Gasteiger partial charge in [0.1, 0.15) is 0 Å². The fourth-order valence-corrected chi connectivity index (χ4v) is 5.72. The van der Waals surface area contributed by atoms with Crippen LogP contribution >= 0.6 is 0 Å². The van der Waals surface area contributed by atoms with Gasteiger partial charge in [0.2, 0.25) is 10.0 Å². The van der Waals surface area contributed by atoms with Crippen molar-refractivity contribution in [2.45, 2.75) is 23.7 Å². The van der Waals surface area contributed by atoms with Gasteiger partial charge in [-0.2, -0.15) is 9.57 Å². The number of nitrogens with zero attached hydrogens (tertiary/aromatic N) is 2. The molecule has 0 amide bonds. The van der Waals surface area contributed by atoms with Crippen molar-refractivity contribution in [1.82, 2.24) is 9.29 Å². The first-order valence-electron chi connectivity index (χ1n) is 9.64. The second-order valence-electron chi connectivity index (χ2n) is 7.28. The Kier molecular flexibility index (Phi) is 5.33. The molecule has 7 nitrogen and oxygen atoms in total. The molecule has 1 saturated heterocycles. The van der Waals surface area contributed by atoms with Crippen molar-refractivity contribution in [2.24, 2.45) is 0 Å². The lowest BCUT2D eigenvalue weighted by molar-refractivity contribution is 0.0596. The van der Waals surface area contributed by atoms with E-state index in [2.05, 4.69) is 11.1 Å². The summed E-state index contributed by atoms with van der Waals surface area (Å²) >= 11 is 0. The minimum Gasteiger partial charge on any atom is -0.465 e. The standard InChI is InChI=1S/C22H21N3O4S/c1-29-22(26)17-4-2-3-5-21(17)30(27,28)25-10-8-16(9-11-25)19-14-24-20-7-6-15(13-23)12-18(19)20/h2-7,12,14,16,24H,8-11H2,1H3. The summed E-state index contributed by atoms with van der Waals surface area (Å²) in [6.45, 7) is 0.709. The van der Waals surface area contributed by atoms with Gasteiger partial charge in [0.25, 0.3) is 0 Å². The van der Waals surface area contributed by atoms with Gasteiger partial charge in [-0.1, -0.05) is 12.1 Å². The van der Waals surface area contributed by atoms with Crippen molar-refractivity contribution < 1.29 is 17.9 Å². The van der Waals surface area contributed by atoms with Crippen LogP contribution in [0, 0.1) is 11.3 Å². The predicted molar refractivity (Wildman–Crippen MR) is 112 cm³/mol. The van der Waals surface area contributed by atoms with Gasteiger partial charge in [0.05, 0.1) is 29.2 Å². The number of esters is 1. The number of hydrogen-bond donors (Lipinski definition) is 1. The Balaban J connectivity index is 1.57. The summed E-state index contributed by atoms with van der Waals surface area (Å²) in [6, 6.07) is 13.8. The lowest BCUT2D eigenvalue weighted by atomic mass is 9.90. The molecule has 0 atom stereocenters. The van der Waals surface area contributed by atoms with Crippen LogP contribution in [0.5, 0.6) is 0 Å². The topological polar surface area (TPSA) is 103 Å². The SMILES string of the molecule is COC(=O)c1ccccc1S(=O)(=O)N1CCC(c2c[nH]c3ccc(C#N)cc23)CC1. The fraction of sp³-hybridized carbons (Fsp3) is 0.273. The molecule has 1 N–H and O–H groups in total. The van der Waals surface area contributed by atoms with Crippen LogP contribution in [-0.4, -0.2) is 43.9 Å². The summed E-state index contributed by atoms with van der Waals surface area (Å²) in [5.74, 6) is -0.480. The molecule has 1 aliphatic rings. The van der Waals surface area contributed by atoms with Crippen LogP contribution in [0.4, 0.5) is 0 Å². The normalized spacial score (nSPS) is 15.7. The number of methoxy groups -OCH3 is 1. The van der Waals surface area contributed by atoms with Crippen LogP contribution in [-0.2, 0) is 14.8 Å². The van der Waals surface area contributed by atoms with E-state index in [1.54, 1.807) is 18.2 Å². The molecular weight excluding hydrogens is 402 g/mol. The van der Waals surface area contributed by atoms with Crippen LogP contribution in [0.25, 0.3) is 10.9 Å². The lowest BCUT2D eigenvalue weighted by Crippen LogP contribution is -2.38. The molecule has 0 radical (unpaired) electrons. The highest BCUT2D eigenvalue weighted by Crippen LogP contribution is 2.35. The summed E-state index contributed by atoms with van der Waals surface area (Å²) in [7, 11) is -2.58. The third-order valence-electron chi connectivity index (χ3n) is 5.65. The number of H-pyrrole nitrogens is 1. The molecule has 0 spiro atoms. The highest BCUT2D eigenvalue weighted by Gasteiger charge is 2.33. The first kappa shape index (κ1) is 20.1. The summed E-state index contributed by atoms with van der Waals surface area (Å²) in [5, 5.41) is 10.2. The number of sulfonamides is 1. The Labute approximate surface area is 174 Å². The Morgan fingerprint density at radius 1 is 1.20 bits per heavy atom. The van der Waals surface area contributed by atoms with Gasteiger partial charge in [-0.25, -0.2) is 13.2 Å². The Bertz CT molecular complexity index is 1250. The number of rotatable bonds is 4.